The maximum atomic E-state index is 12.6. The van der Waals surface area contributed by atoms with Crippen molar-refractivity contribution in [2.75, 3.05) is 13.1 Å². The lowest BCUT2D eigenvalue weighted by Gasteiger charge is -2.32. The zero-order valence-electron chi connectivity index (χ0n) is 10.7. The van der Waals surface area contributed by atoms with E-state index in [0.717, 1.165) is 0 Å². The Bertz CT molecular complexity index is 483. The Morgan fingerprint density at radius 2 is 2.05 bits per heavy atom. The number of pyridine rings is 1. The van der Waals surface area contributed by atoms with E-state index in [1.165, 1.54) is 6.20 Å². The summed E-state index contributed by atoms with van der Waals surface area (Å²) in [6.07, 6.45) is -2.62. The maximum absolute atomic E-state index is 12.6. The van der Waals surface area contributed by atoms with Crippen LogP contribution in [0.4, 0.5) is 13.2 Å². The van der Waals surface area contributed by atoms with Crippen LogP contribution in [0.15, 0.2) is 18.3 Å². The Kier molecular flexibility index (Phi) is 4.27. The lowest BCUT2D eigenvalue weighted by Crippen LogP contribution is -2.38. The number of carboxylic acid groups (broad SMARTS) is 1. The van der Waals surface area contributed by atoms with E-state index < -0.39 is 18.1 Å². The summed E-state index contributed by atoms with van der Waals surface area (Å²) in [5.41, 5.74) is 0.496. The second-order valence-corrected chi connectivity index (χ2v) is 4.91. The number of alkyl halides is 3. The summed E-state index contributed by atoms with van der Waals surface area (Å²) >= 11 is 0. The highest BCUT2D eigenvalue weighted by molar-refractivity contribution is 5.86. The van der Waals surface area contributed by atoms with Gasteiger partial charge in [0.05, 0.1) is 5.92 Å². The minimum absolute atomic E-state index is 0.0366. The maximum Gasteiger partial charge on any atom is 0.391 e. The van der Waals surface area contributed by atoms with E-state index in [1.807, 2.05) is 4.90 Å². The number of aromatic carboxylic acids is 1. The SMILES string of the molecule is O=C(O)c1ncccc1CN1CCC(C(F)(F)F)CC1. The highest BCUT2D eigenvalue weighted by atomic mass is 19.4. The van der Waals surface area contributed by atoms with Gasteiger partial charge in [-0.15, -0.1) is 0 Å². The lowest BCUT2D eigenvalue weighted by atomic mass is 9.96. The predicted octanol–water partition coefficient (Wildman–Crippen LogP) is 2.55. The number of carbonyl (C=O) groups is 1. The first-order valence-electron chi connectivity index (χ1n) is 6.34. The van der Waals surface area contributed by atoms with Gasteiger partial charge in [0, 0.05) is 12.7 Å². The van der Waals surface area contributed by atoms with Crippen molar-refractivity contribution in [2.24, 2.45) is 5.92 Å². The Hall–Kier alpha value is -1.63. The number of hydrogen-bond acceptors (Lipinski definition) is 3. The molecule has 20 heavy (non-hydrogen) atoms. The van der Waals surface area contributed by atoms with Gasteiger partial charge in [0.1, 0.15) is 0 Å². The quantitative estimate of drug-likeness (QED) is 0.928. The third-order valence-corrected chi connectivity index (χ3v) is 3.54. The summed E-state index contributed by atoms with van der Waals surface area (Å²) in [5.74, 6) is -2.36. The van der Waals surface area contributed by atoms with Crippen molar-refractivity contribution in [3.63, 3.8) is 0 Å². The van der Waals surface area contributed by atoms with E-state index in [4.69, 9.17) is 5.11 Å². The minimum Gasteiger partial charge on any atom is -0.477 e. The molecule has 2 rings (SSSR count). The molecule has 7 heteroatoms. The van der Waals surface area contributed by atoms with Gasteiger partial charge in [-0.2, -0.15) is 13.2 Å². The monoisotopic (exact) mass is 288 g/mol. The summed E-state index contributed by atoms with van der Waals surface area (Å²) in [4.78, 5) is 16.6. The van der Waals surface area contributed by atoms with E-state index in [0.29, 0.717) is 25.2 Å². The van der Waals surface area contributed by atoms with Crippen molar-refractivity contribution in [1.82, 2.24) is 9.88 Å². The van der Waals surface area contributed by atoms with Crippen molar-refractivity contribution in [2.45, 2.75) is 25.6 Å². The van der Waals surface area contributed by atoms with Gasteiger partial charge in [0.25, 0.3) is 0 Å². The van der Waals surface area contributed by atoms with Gasteiger partial charge in [-0.3, -0.25) is 4.90 Å². The van der Waals surface area contributed by atoms with E-state index in [1.54, 1.807) is 12.1 Å². The molecule has 1 fully saturated rings. The molecule has 110 valence electrons. The van der Waals surface area contributed by atoms with Crippen molar-refractivity contribution in [3.8, 4) is 0 Å². The molecule has 0 aliphatic carbocycles. The van der Waals surface area contributed by atoms with Crippen LogP contribution in [0.25, 0.3) is 0 Å². The van der Waals surface area contributed by atoms with Crippen molar-refractivity contribution < 1.29 is 23.1 Å². The van der Waals surface area contributed by atoms with Crippen LogP contribution < -0.4 is 0 Å². The number of halogens is 3. The summed E-state index contributed by atoms with van der Waals surface area (Å²) in [7, 11) is 0. The van der Waals surface area contributed by atoms with Crippen LogP contribution in [-0.2, 0) is 6.54 Å². The Labute approximate surface area is 114 Å². The molecule has 2 heterocycles. The average molecular weight is 288 g/mol. The minimum atomic E-state index is -4.13. The van der Waals surface area contributed by atoms with Gasteiger partial charge in [-0.05, 0) is 37.6 Å². The van der Waals surface area contributed by atoms with Crippen molar-refractivity contribution in [1.29, 1.82) is 0 Å². The van der Waals surface area contributed by atoms with Crippen molar-refractivity contribution in [3.05, 3.63) is 29.6 Å². The topological polar surface area (TPSA) is 53.4 Å². The Morgan fingerprint density at radius 1 is 1.40 bits per heavy atom. The van der Waals surface area contributed by atoms with E-state index in [2.05, 4.69) is 4.98 Å². The number of rotatable bonds is 3. The van der Waals surface area contributed by atoms with Gasteiger partial charge in [0.15, 0.2) is 5.69 Å². The summed E-state index contributed by atoms with van der Waals surface area (Å²) < 4.78 is 37.7. The van der Waals surface area contributed by atoms with Crippen LogP contribution in [0, 0.1) is 5.92 Å². The van der Waals surface area contributed by atoms with E-state index in [9.17, 15) is 18.0 Å². The first-order valence-corrected chi connectivity index (χ1v) is 6.34. The van der Waals surface area contributed by atoms with Gasteiger partial charge in [0.2, 0.25) is 0 Å². The van der Waals surface area contributed by atoms with Crippen LogP contribution in [-0.4, -0.2) is 40.2 Å². The zero-order chi connectivity index (χ0) is 14.8. The Morgan fingerprint density at radius 3 is 2.60 bits per heavy atom. The smallest absolute Gasteiger partial charge is 0.391 e. The third kappa shape index (κ3) is 3.47. The molecule has 1 aromatic rings. The molecule has 0 atom stereocenters. The molecule has 0 aromatic carbocycles. The molecule has 4 nitrogen and oxygen atoms in total. The molecule has 1 aliphatic heterocycles. The molecule has 1 aliphatic rings. The molecule has 0 bridgehead atoms. The van der Waals surface area contributed by atoms with Crippen LogP contribution in [0.5, 0.6) is 0 Å². The zero-order valence-corrected chi connectivity index (χ0v) is 10.7. The van der Waals surface area contributed by atoms with Crippen LogP contribution in [0.2, 0.25) is 0 Å². The normalized spacial score (nSPS) is 18.1. The summed E-state index contributed by atoms with van der Waals surface area (Å²) in [6.45, 7) is 0.955. The highest BCUT2D eigenvalue weighted by Crippen LogP contribution is 2.34. The predicted molar refractivity (Wildman–Crippen MR) is 65.3 cm³/mol. The van der Waals surface area contributed by atoms with E-state index >= 15 is 0 Å². The molecule has 0 unspecified atom stereocenters. The Balaban J connectivity index is 1.98. The fourth-order valence-electron chi connectivity index (χ4n) is 2.42. The molecular formula is C13H15F3N2O2. The van der Waals surface area contributed by atoms with Crippen LogP contribution in [0.1, 0.15) is 28.9 Å². The standard InChI is InChI=1S/C13H15F3N2O2/c14-13(15,16)10-3-6-18(7-4-10)8-9-2-1-5-17-11(9)12(19)20/h1-2,5,10H,3-4,6-8H2,(H,19,20). The third-order valence-electron chi connectivity index (χ3n) is 3.54. The fraction of sp³-hybridized carbons (Fsp3) is 0.538. The lowest BCUT2D eigenvalue weighted by molar-refractivity contribution is -0.185. The highest BCUT2D eigenvalue weighted by Gasteiger charge is 2.41. The number of nitrogens with zero attached hydrogens (tertiary/aromatic N) is 2. The average Bonchev–Trinajstić information content (AvgIpc) is 2.38. The fourth-order valence-corrected chi connectivity index (χ4v) is 2.42. The second kappa shape index (κ2) is 5.78. The van der Waals surface area contributed by atoms with Gasteiger partial charge >= 0.3 is 12.1 Å². The molecule has 0 amide bonds. The molecule has 1 N–H and O–H groups in total. The van der Waals surface area contributed by atoms with E-state index in [-0.39, 0.29) is 18.5 Å². The van der Waals surface area contributed by atoms with Gasteiger partial charge < -0.3 is 5.11 Å². The van der Waals surface area contributed by atoms with Crippen LogP contribution >= 0.6 is 0 Å². The molecule has 0 radical (unpaired) electrons. The van der Waals surface area contributed by atoms with Crippen molar-refractivity contribution >= 4 is 5.97 Å². The summed E-state index contributed by atoms with van der Waals surface area (Å²) in [6, 6.07) is 3.27. The molecule has 1 aromatic heterocycles. The second-order valence-electron chi connectivity index (χ2n) is 4.91. The first kappa shape index (κ1) is 14.8. The molecule has 0 spiro atoms. The molecule has 0 saturated carbocycles. The molecular weight excluding hydrogens is 273 g/mol. The number of aromatic nitrogens is 1. The largest absolute Gasteiger partial charge is 0.477 e. The summed E-state index contributed by atoms with van der Waals surface area (Å²) in [5, 5.41) is 9.01. The van der Waals surface area contributed by atoms with Crippen LogP contribution in [0.3, 0.4) is 0 Å². The molecule has 1 saturated heterocycles. The number of likely N-dealkylation sites (tertiary alicyclic amines) is 1. The number of hydrogen-bond donors (Lipinski definition) is 1. The first-order chi connectivity index (χ1) is 9.38. The van der Waals surface area contributed by atoms with Gasteiger partial charge in [-0.25, -0.2) is 9.78 Å². The number of piperidine rings is 1. The van der Waals surface area contributed by atoms with Gasteiger partial charge in [-0.1, -0.05) is 6.07 Å². The number of carboxylic acids is 1.